The smallest absolute Gasteiger partial charge is 0.456 e. The van der Waals surface area contributed by atoms with Gasteiger partial charge in [-0.25, -0.2) is 4.57 Å². The predicted molar refractivity (Wildman–Crippen MR) is 342 cm³/mol. The molecule has 2 N–H and O–H groups in total. The Hall–Kier alpha value is -2.29. The largest absolute Gasteiger partial charge is 0.472 e. The number of carbonyl (C=O) groups excluding carboxylic acids is 2. The van der Waals surface area contributed by atoms with E-state index in [9.17, 15) is 19.0 Å². The fourth-order valence-corrected chi connectivity index (χ4v) is 10.5. The molecule has 0 spiro atoms. The number of hydrogen-bond acceptors (Lipinski definition) is 6. The summed E-state index contributed by atoms with van der Waals surface area (Å²) in [7, 11) is 1.50. The summed E-state index contributed by atoms with van der Waals surface area (Å²) < 4.78 is 30.8. The number of phosphoric ester groups is 1. The minimum Gasteiger partial charge on any atom is -0.456 e. The van der Waals surface area contributed by atoms with Crippen LogP contribution in [0.3, 0.4) is 0 Å². The second-order valence-corrected chi connectivity index (χ2v) is 25.5. The van der Waals surface area contributed by atoms with Crippen LogP contribution in [0.15, 0.2) is 60.8 Å². The molecule has 462 valence electrons. The van der Waals surface area contributed by atoms with E-state index < -0.39 is 20.0 Å². The van der Waals surface area contributed by atoms with Gasteiger partial charge in [0.1, 0.15) is 19.3 Å². The minimum atomic E-state index is -4.45. The van der Waals surface area contributed by atoms with E-state index in [1.54, 1.807) is 0 Å². The van der Waals surface area contributed by atoms with E-state index in [4.69, 9.17) is 13.8 Å². The highest BCUT2D eigenvalue weighted by Gasteiger charge is 2.30. The Morgan fingerprint density at radius 1 is 0.443 bits per heavy atom. The Kier molecular flexibility index (Phi) is 57.2. The summed E-state index contributed by atoms with van der Waals surface area (Å²) in [4.78, 5) is 37.8. The van der Waals surface area contributed by atoms with Gasteiger partial charge in [0.15, 0.2) is 0 Å². The molecule has 10 heteroatoms. The first-order valence-corrected chi connectivity index (χ1v) is 35.1. The Bertz CT molecular complexity index is 1540. The molecule has 3 unspecified atom stereocenters. The quantitative estimate of drug-likeness (QED) is 0.0205. The number of unbranched alkanes of at least 4 members (excludes halogenated alkanes) is 37. The van der Waals surface area contributed by atoms with Crippen LogP contribution in [0.1, 0.15) is 316 Å². The third-order valence-corrected chi connectivity index (χ3v) is 15.9. The molecule has 0 aliphatic heterocycles. The van der Waals surface area contributed by atoms with Gasteiger partial charge in [-0.2, -0.15) is 0 Å². The number of nitrogens with zero attached hydrogens (tertiary/aromatic N) is 1. The van der Waals surface area contributed by atoms with Crippen molar-refractivity contribution in [1.29, 1.82) is 0 Å². The van der Waals surface area contributed by atoms with E-state index in [2.05, 4.69) is 74.7 Å². The molecule has 0 heterocycles. The predicted octanol–water partition coefficient (Wildman–Crippen LogP) is 21.0. The van der Waals surface area contributed by atoms with Gasteiger partial charge in [-0.15, -0.1) is 0 Å². The summed E-state index contributed by atoms with van der Waals surface area (Å²) >= 11 is 0. The van der Waals surface area contributed by atoms with Crippen molar-refractivity contribution < 1.29 is 37.3 Å². The number of hydrogen-bond donors (Lipinski definition) is 2. The van der Waals surface area contributed by atoms with E-state index in [0.717, 1.165) is 77.0 Å². The molecule has 0 radical (unpaired) electrons. The van der Waals surface area contributed by atoms with Gasteiger partial charge in [0, 0.05) is 12.8 Å². The highest BCUT2D eigenvalue weighted by Crippen LogP contribution is 2.43. The standard InChI is InChI=1S/C69H129N2O7P/c1-7-10-13-16-19-22-25-28-29-30-31-32-33-34-35-36-37-38-39-40-41-44-47-50-53-56-59-62-69(73)78-67(60-57-54-51-48-45-42-26-23-20-17-14-11-8-2)66(65-77-79(74,75)76-64-63-71(4,5)6)70-68(72)61-58-55-52-49-46-43-27-24-21-18-15-12-9-3/h19,22,28-29,31-32,34-35,57,60,66-67H,7-18,20-21,23-27,30,33,36-56,58-59,61-65H2,1-6H3,(H-,70,72,74,75)/p+1/b22-19-,29-28-,32-31-,35-34-,60-57-. The monoisotopic (exact) mass is 1130 g/mol. The second kappa shape index (κ2) is 58.9. The number of likely N-dealkylation sites (N-methyl/N-ethyl adjacent to an activating group) is 1. The van der Waals surface area contributed by atoms with E-state index in [0.29, 0.717) is 17.4 Å². The van der Waals surface area contributed by atoms with Gasteiger partial charge in [-0.05, 0) is 76.7 Å². The summed E-state index contributed by atoms with van der Waals surface area (Å²) in [5.41, 5.74) is 0. The minimum absolute atomic E-state index is 0.0406. The molecule has 0 saturated carbocycles. The summed E-state index contributed by atoms with van der Waals surface area (Å²) in [6, 6.07) is -0.848. The zero-order valence-corrected chi connectivity index (χ0v) is 53.8. The van der Waals surface area contributed by atoms with Gasteiger partial charge in [0.05, 0.1) is 33.8 Å². The zero-order chi connectivity index (χ0) is 57.9. The molecular weight excluding hydrogens is 1000 g/mol. The van der Waals surface area contributed by atoms with Crippen LogP contribution in [0.2, 0.25) is 0 Å². The first-order chi connectivity index (χ1) is 38.4. The van der Waals surface area contributed by atoms with Gasteiger partial charge in [0.2, 0.25) is 5.91 Å². The number of allylic oxidation sites excluding steroid dienone is 9. The molecule has 0 aromatic carbocycles. The van der Waals surface area contributed by atoms with Crippen molar-refractivity contribution in [3.8, 4) is 0 Å². The highest BCUT2D eigenvalue weighted by atomic mass is 31.2. The maximum absolute atomic E-state index is 13.5. The van der Waals surface area contributed by atoms with Crippen molar-refractivity contribution in [2.75, 3.05) is 40.9 Å². The van der Waals surface area contributed by atoms with Crippen LogP contribution in [-0.2, 0) is 27.9 Å². The lowest BCUT2D eigenvalue weighted by atomic mass is 10.0. The Balaban J connectivity index is 5.06. The average molecular weight is 1130 g/mol. The molecule has 1 amide bonds. The molecule has 3 atom stereocenters. The van der Waals surface area contributed by atoms with Crippen LogP contribution in [0.4, 0.5) is 0 Å². The van der Waals surface area contributed by atoms with Crippen LogP contribution in [0.25, 0.3) is 0 Å². The topological polar surface area (TPSA) is 111 Å². The number of nitrogens with one attached hydrogen (secondary N) is 1. The summed E-state index contributed by atoms with van der Waals surface area (Å²) in [6.45, 7) is 7.01. The lowest BCUT2D eigenvalue weighted by molar-refractivity contribution is -0.870. The molecule has 79 heavy (non-hydrogen) atoms. The average Bonchev–Trinajstić information content (AvgIpc) is 3.41. The Morgan fingerprint density at radius 2 is 0.772 bits per heavy atom. The fourth-order valence-electron chi connectivity index (χ4n) is 9.75. The first kappa shape index (κ1) is 76.7. The number of ether oxygens (including phenoxy) is 1. The molecule has 0 saturated heterocycles. The van der Waals surface area contributed by atoms with E-state index in [1.165, 1.54) is 205 Å². The molecule has 0 aliphatic rings. The maximum atomic E-state index is 13.5. The molecule has 0 bridgehead atoms. The van der Waals surface area contributed by atoms with Gasteiger partial charge >= 0.3 is 13.8 Å². The first-order valence-electron chi connectivity index (χ1n) is 33.6. The van der Waals surface area contributed by atoms with E-state index >= 15 is 0 Å². The fraction of sp³-hybridized carbons (Fsp3) is 0.826. The third kappa shape index (κ3) is 60.1. The number of rotatable bonds is 61. The normalized spacial score (nSPS) is 14.0. The lowest BCUT2D eigenvalue weighted by Crippen LogP contribution is -2.47. The molecule has 0 aliphatic carbocycles. The molecule has 9 nitrogen and oxygen atoms in total. The van der Waals surface area contributed by atoms with Crippen molar-refractivity contribution in [3.63, 3.8) is 0 Å². The molecule has 0 aromatic rings. The van der Waals surface area contributed by atoms with E-state index in [1.807, 2.05) is 33.3 Å². The lowest BCUT2D eigenvalue weighted by Gasteiger charge is -2.27. The summed E-state index contributed by atoms with van der Waals surface area (Å²) in [5, 5.41) is 3.06. The van der Waals surface area contributed by atoms with Gasteiger partial charge in [-0.3, -0.25) is 18.6 Å². The molecule has 0 aromatic heterocycles. The van der Waals surface area contributed by atoms with Crippen LogP contribution in [0, 0.1) is 0 Å². The third-order valence-electron chi connectivity index (χ3n) is 15.0. The number of esters is 1. The van der Waals surface area contributed by atoms with Crippen LogP contribution in [-0.4, -0.2) is 74.3 Å². The van der Waals surface area contributed by atoms with Crippen LogP contribution in [0.5, 0.6) is 0 Å². The highest BCUT2D eigenvalue weighted by molar-refractivity contribution is 7.47. The molecular formula is C69H130N2O7P+. The number of phosphoric acid groups is 1. The number of quaternary nitrogens is 1. The van der Waals surface area contributed by atoms with Crippen molar-refractivity contribution >= 4 is 19.7 Å². The van der Waals surface area contributed by atoms with Gasteiger partial charge in [0.25, 0.3) is 0 Å². The number of amides is 1. The van der Waals surface area contributed by atoms with Crippen molar-refractivity contribution in [2.24, 2.45) is 0 Å². The summed E-state index contributed by atoms with van der Waals surface area (Å²) in [5.74, 6) is -0.497. The zero-order valence-electron chi connectivity index (χ0n) is 52.9. The van der Waals surface area contributed by atoms with Crippen LogP contribution >= 0.6 is 7.82 Å². The van der Waals surface area contributed by atoms with Crippen molar-refractivity contribution in [1.82, 2.24) is 5.32 Å². The van der Waals surface area contributed by atoms with Crippen molar-refractivity contribution in [2.45, 2.75) is 328 Å². The molecule has 0 fully saturated rings. The Labute approximate surface area is 490 Å². The van der Waals surface area contributed by atoms with Gasteiger partial charge < -0.3 is 19.4 Å². The van der Waals surface area contributed by atoms with Crippen molar-refractivity contribution in [3.05, 3.63) is 60.8 Å². The van der Waals surface area contributed by atoms with Crippen LogP contribution < -0.4 is 5.32 Å². The second-order valence-electron chi connectivity index (χ2n) is 24.0. The SMILES string of the molecule is CCCCC/C=C\C/C=C\C/C=C\C/C=C\CCCCCCCCCCCCCC(=O)OC(/C=C\CCCCCCCCCCCCC)C(COP(=O)(O)OCC[N+](C)(C)C)NC(=O)CCCCCCCCCCCCCCC. The Morgan fingerprint density at radius 3 is 1.18 bits per heavy atom. The number of carbonyl (C=O) groups is 2. The maximum Gasteiger partial charge on any atom is 0.472 e. The van der Waals surface area contributed by atoms with E-state index in [-0.39, 0.29) is 31.5 Å². The molecule has 0 rings (SSSR count). The van der Waals surface area contributed by atoms with Gasteiger partial charge in [-0.1, -0.05) is 287 Å². The summed E-state index contributed by atoms with van der Waals surface area (Å²) in [6.07, 6.45) is 75.1.